The molecule has 22 heavy (non-hydrogen) atoms. The van der Waals surface area contributed by atoms with E-state index in [0.717, 1.165) is 16.3 Å². The van der Waals surface area contributed by atoms with E-state index in [9.17, 15) is 10.0 Å². The van der Waals surface area contributed by atoms with Gasteiger partial charge in [0.1, 0.15) is 5.69 Å². The van der Waals surface area contributed by atoms with Gasteiger partial charge in [-0.25, -0.2) is 0 Å². The monoisotopic (exact) mass is 292 g/mol. The Morgan fingerprint density at radius 1 is 1.00 bits per heavy atom. The number of nitrogens with two attached hydrogens (primary N) is 1. The van der Waals surface area contributed by atoms with Gasteiger partial charge >= 0.3 is 0 Å². The first-order valence-corrected chi connectivity index (χ1v) is 6.73. The molecule has 6 heteroatoms. The number of anilines is 1. The molecule has 0 saturated heterocycles. The smallest absolute Gasteiger partial charge is 0.199 e. The summed E-state index contributed by atoms with van der Waals surface area (Å²) in [5, 5.41) is 14.9. The predicted octanol–water partition coefficient (Wildman–Crippen LogP) is 4.00. The molecule has 0 aliphatic carbocycles. The minimum atomic E-state index is -0.0305. The van der Waals surface area contributed by atoms with Crippen molar-refractivity contribution in [3.63, 3.8) is 0 Å². The van der Waals surface area contributed by atoms with Gasteiger partial charge in [-0.1, -0.05) is 18.2 Å². The molecule has 0 atom stereocenters. The van der Waals surface area contributed by atoms with Crippen LogP contribution in [-0.2, 0) is 0 Å². The van der Waals surface area contributed by atoms with Crippen molar-refractivity contribution in [2.75, 3.05) is 5.73 Å². The highest BCUT2D eigenvalue weighted by Gasteiger charge is 2.20. The average Bonchev–Trinajstić information content (AvgIpc) is 3.02. The van der Waals surface area contributed by atoms with Gasteiger partial charge in [-0.3, -0.25) is 0 Å². The van der Waals surface area contributed by atoms with Crippen molar-refractivity contribution in [1.29, 1.82) is 0 Å². The van der Waals surface area contributed by atoms with Gasteiger partial charge in [-0.15, -0.1) is 4.91 Å². The fraction of sp³-hybridized carbons (Fsp3) is 0. The molecule has 4 aromatic rings. The lowest BCUT2D eigenvalue weighted by Gasteiger charge is -1.99. The third-order valence-corrected chi connectivity index (χ3v) is 3.82. The van der Waals surface area contributed by atoms with Crippen molar-refractivity contribution in [2.45, 2.75) is 0 Å². The van der Waals surface area contributed by atoms with Gasteiger partial charge in [0.15, 0.2) is 5.88 Å². The Hall–Kier alpha value is -3.28. The highest BCUT2D eigenvalue weighted by molar-refractivity contribution is 6.07. The zero-order valence-corrected chi connectivity index (χ0v) is 11.4. The molecule has 0 radical (unpaired) electrons. The summed E-state index contributed by atoms with van der Waals surface area (Å²) >= 11 is 0. The number of benzene rings is 2. The van der Waals surface area contributed by atoms with Gasteiger partial charge in [0.2, 0.25) is 0 Å². The number of hydrogen-bond donors (Lipinski definition) is 4. The fourth-order valence-corrected chi connectivity index (χ4v) is 2.86. The first-order chi connectivity index (χ1) is 10.7. The minimum absolute atomic E-state index is 0.0305. The maximum Gasteiger partial charge on any atom is 0.199 e. The van der Waals surface area contributed by atoms with Crippen molar-refractivity contribution in [1.82, 2.24) is 9.97 Å². The summed E-state index contributed by atoms with van der Waals surface area (Å²) in [4.78, 5) is 17.4. The van der Waals surface area contributed by atoms with Gasteiger partial charge in [-0.05, 0) is 29.4 Å². The molecule has 0 aliphatic heterocycles. The Morgan fingerprint density at radius 3 is 2.64 bits per heavy atom. The van der Waals surface area contributed by atoms with Crippen molar-refractivity contribution >= 4 is 33.2 Å². The van der Waals surface area contributed by atoms with Crippen LogP contribution in [0.3, 0.4) is 0 Å². The summed E-state index contributed by atoms with van der Waals surface area (Å²) in [7, 11) is 0. The lowest BCUT2D eigenvalue weighted by Crippen LogP contribution is -1.83. The second-order valence-corrected chi connectivity index (χ2v) is 5.14. The van der Waals surface area contributed by atoms with Crippen LogP contribution in [0.4, 0.5) is 11.4 Å². The molecule has 0 saturated carbocycles. The maximum absolute atomic E-state index is 11.3. The number of H-pyrrole nitrogens is 2. The zero-order valence-electron chi connectivity index (χ0n) is 11.4. The van der Waals surface area contributed by atoms with Crippen LogP contribution >= 0.6 is 0 Å². The summed E-state index contributed by atoms with van der Waals surface area (Å²) in [6.45, 7) is 0. The standard InChI is InChI=1S/C16H12N4O2/c17-8-5-6-9-12(7-8)19-16(21)13(9)15-14(20-22)10-3-1-2-4-11(10)18-15/h1-7,18-19,21H,17H2. The second-order valence-electron chi connectivity index (χ2n) is 5.14. The SMILES string of the molecule is Nc1ccc2c(-c3[nH]c4ccccc4c3N=O)c(O)[nH]c2c1. The van der Waals surface area contributed by atoms with E-state index in [1.807, 2.05) is 24.3 Å². The number of nitrogens with zero attached hydrogens (tertiary/aromatic N) is 1. The highest BCUT2D eigenvalue weighted by atomic mass is 16.3. The number of nitrogens with one attached hydrogen (secondary N) is 2. The molecule has 2 heterocycles. The van der Waals surface area contributed by atoms with E-state index in [2.05, 4.69) is 15.1 Å². The maximum atomic E-state index is 11.3. The van der Waals surface area contributed by atoms with Crippen molar-refractivity contribution in [2.24, 2.45) is 5.18 Å². The normalized spacial score (nSPS) is 11.3. The van der Waals surface area contributed by atoms with Crippen LogP contribution in [0.15, 0.2) is 47.6 Å². The van der Waals surface area contributed by atoms with Crippen LogP contribution in [0, 0.1) is 4.91 Å². The molecular formula is C16H12N4O2. The molecule has 0 amide bonds. The Kier molecular flexibility index (Phi) is 2.47. The van der Waals surface area contributed by atoms with Gasteiger partial charge in [-0.2, -0.15) is 0 Å². The van der Waals surface area contributed by atoms with Crippen LogP contribution in [0.5, 0.6) is 5.88 Å². The lowest BCUT2D eigenvalue weighted by molar-refractivity contribution is 0.460. The number of nitroso groups, excluding NO2 is 1. The van der Waals surface area contributed by atoms with E-state index in [0.29, 0.717) is 22.5 Å². The van der Waals surface area contributed by atoms with E-state index >= 15 is 0 Å². The summed E-state index contributed by atoms with van der Waals surface area (Å²) < 4.78 is 0. The molecule has 5 N–H and O–H groups in total. The van der Waals surface area contributed by atoms with Gasteiger partial charge in [0.25, 0.3) is 0 Å². The molecule has 0 unspecified atom stereocenters. The van der Waals surface area contributed by atoms with Crippen LogP contribution < -0.4 is 5.73 Å². The largest absolute Gasteiger partial charge is 0.494 e. The van der Waals surface area contributed by atoms with Gasteiger partial charge in [0, 0.05) is 22.0 Å². The average molecular weight is 292 g/mol. The van der Waals surface area contributed by atoms with Crippen LogP contribution in [0.25, 0.3) is 33.1 Å². The Labute approximate surface area is 124 Å². The van der Waals surface area contributed by atoms with E-state index in [4.69, 9.17) is 5.73 Å². The molecule has 0 spiro atoms. The highest BCUT2D eigenvalue weighted by Crippen LogP contribution is 2.44. The third kappa shape index (κ3) is 1.61. The van der Waals surface area contributed by atoms with E-state index < -0.39 is 0 Å². The Bertz CT molecular complexity index is 1030. The Morgan fingerprint density at radius 2 is 1.82 bits per heavy atom. The van der Waals surface area contributed by atoms with Crippen LogP contribution in [0.1, 0.15) is 0 Å². The van der Waals surface area contributed by atoms with E-state index in [1.165, 1.54) is 0 Å². The molecular weight excluding hydrogens is 280 g/mol. The quantitative estimate of drug-likeness (QED) is 0.331. The number of hydrogen-bond acceptors (Lipinski definition) is 4. The summed E-state index contributed by atoms with van der Waals surface area (Å²) in [6, 6.07) is 12.7. The first kappa shape index (κ1) is 12.5. The molecule has 108 valence electrons. The Balaban J connectivity index is 2.11. The number of para-hydroxylation sites is 1. The van der Waals surface area contributed by atoms with Crippen molar-refractivity contribution in [3.8, 4) is 17.1 Å². The molecule has 0 aliphatic rings. The summed E-state index contributed by atoms with van der Waals surface area (Å²) in [5.74, 6) is -0.0305. The minimum Gasteiger partial charge on any atom is -0.494 e. The zero-order chi connectivity index (χ0) is 15.3. The van der Waals surface area contributed by atoms with Gasteiger partial charge in [0.05, 0.1) is 16.8 Å². The third-order valence-electron chi connectivity index (χ3n) is 3.82. The molecule has 6 nitrogen and oxygen atoms in total. The number of aromatic amines is 2. The second kappa shape index (κ2) is 4.36. The topological polar surface area (TPSA) is 107 Å². The number of aromatic nitrogens is 2. The number of rotatable bonds is 2. The van der Waals surface area contributed by atoms with Crippen LogP contribution in [0.2, 0.25) is 0 Å². The molecule has 2 aromatic heterocycles. The van der Waals surface area contributed by atoms with Crippen molar-refractivity contribution < 1.29 is 5.11 Å². The van der Waals surface area contributed by atoms with E-state index in [-0.39, 0.29) is 11.6 Å². The number of nitrogen functional groups attached to an aromatic ring is 1. The molecule has 0 fully saturated rings. The van der Waals surface area contributed by atoms with Gasteiger partial charge < -0.3 is 20.8 Å². The number of fused-ring (bicyclic) bond motifs is 2. The molecule has 2 aromatic carbocycles. The van der Waals surface area contributed by atoms with Crippen LogP contribution in [-0.4, -0.2) is 15.1 Å². The number of aromatic hydroxyl groups is 1. The summed E-state index contributed by atoms with van der Waals surface area (Å²) in [6.07, 6.45) is 0. The van der Waals surface area contributed by atoms with Crippen molar-refractivity contribution in [3.05, 3.63) is 47.4 Å². The first-order valence-electron chi connectivity index (χ1n) is 6.73. The fourth-order valence-electron chi connectivity index (χ4n) is 2.86. The summed E-state index contributed by atoms with van der Waals surface area (Å²) in [5.41, 5.74) is 9.12. The molecule has 4 rings (SSSR count). The molecule has 0 bridgehead atoms. The van der Waals surface area contributed by atoms with E-state index in [1.54, 1.807) is 18.2 Å². The lowest BCUT2D eigenvalue weighted by atomic mass is 10.1. The predicted molar refractivity (Wildman–Crippen MR) is 87.1 cm³/mol.